The molecule has 1 saturated carbocycles. The van der Waals surface area contributed by atoms with Crippen LogP contribution in [0.4, 0.5) is 0 Å². The molecular weight excluding hydrogens is 184 g/mol. The average Bonchev–Trinajstić information content (AvgIpc) is 2.49. The predicted molar refractivity (Wildman–Crippen MR) is 65.0 cm³/mol. The van der Waals surface area contributed by atoms with Crippen LogP contribution >= 0.6 is 0 Å². The summed E-state index contributed by atoms with van der Waals surface area (Å²) >= 11 is 0. The molecule has 15 heavy (non-hydrogen) atoms. The van der Waals surface area contributed by atoms with Crippen LogP contribution in [-0.4, -0.2) is 37.6 Å². The molecule has 2 nitrogen and oxygen atoms in total. The Balaban J connectivity index is 1.86. The fourth-order valence-corrected chi connectivity index (χ4v) is 3.25. The molecular formula is C13H26N2. The molecule has 0 amide bonds. The van der Waals surface area contributed by atoms with Gasteiger partial charge in [0.25, 0.3) is 0 Å². The summed E-state index contributed by atoms with van der Waals surface area (Å²) in [5, 5.41) is 3.52. The van der Waals surface area contributed by atoms with E-state index in [9.17, 15) is 0 Å². The molecule has 0 bridgehead atoms. The van der Waals surface area contributed by atoms with E-state index >= 15 is 0 Å². The van der Waals surface area contributed by atoms with Gasteiger partial charge < -0.3 is 10.2 Å². The van der Waals surface area contributed by atoms with Crippen molar-refractivity contribution in [3.63, 3.8) is 0 Å². The van der Waals surface area contributed by atoms with Gasteiger partial charge in [0, 0.05) is 26.2 Å². The summed E-state index contributed by atoms with van der Waals surface area (Å²) in [6.45, 7) is 11.1. The van der Waals surface area contributed by atoms with Crippen LogP contribution in [0.25, 0.3) is 0 Å². The minimum atomic E-state index is 0.629. The number of nitrogens with zero attached hydrogens (tertiary/aromatic N) is 1. The highest BCUT2D eigenvalue weighted by molar-refractivity contribution is 4.85. The number of rotatable bonds is 2. The van der Waals surface area contributed by atoms with E-state index in [4.69, 9.17) is 0 Å². The van der Waals surface area contributed by atoms with Crippen molar-refractivity contribution in [1.29, 1.82) is 0 Å². The van der Waals surface area contributed by atoms with Crippen LogP contribution in [0.2, 0.25) is 0 Å². The Labute approximate surface area is 94.4 Å². The van der Waals surface area contributed by atoms with E-state index in [0.29, 0.717) is 5.41 Å². The molecule has 0 radical (unpaired) electrons. The second kappa shape index (κ2) is 4.84. The molecule has 2 fully saturated rings. The second-order valence-electron chi connectivity index (χ2n) is 6.06. The molecule has 88 valence electrons. The normalized spacial score (nSPS) is 32.8. The van der Waals surface area contributed by atoms with Crippen molar-refractivity contribution in [3.8, 4) is 0 Å². The molecule has 0 aromatic heterocycles. The minimum Gasteiger partial charge on any atom is -0.315 e. The number of nitrogens with one attached hydrogen (secondary N) is 1. The molecule has 1 aliphatic heterocycles. The maximum atomic E-state index is 3.52. The molecule has 0 aromatic rings. The van der Waals surface area contributed by atoms with Gasteiger partial charge in [0.2, 0.25) is 0 Å². The molecule has 1 aliphatic carbocycles. The van der Waals surface area contributed by atoms with Crippen molar-refractivity contribution in [3.05, 3.63) is 0 Å². The van der Waals surface area contributed by atoms with Crippen LogP contribution in [0, 0.1) is 11.3 Å². The molecule has 1 saturated heterocycles. The predicted octanol–water partition coefficient (Wildman–Crippen LogP) is 2.11. The third-order valence-corrected chi connectivity index (χ3v) is 4.08. The Morgan fingerprint density at radius 3 is 2.80 bits per heavy atom. The Morgan fingerprint density at radius 1 is 1.33 bits per heavy atom. The van der Waals surface area contributed by atoms with Gasteiger partial charge in [0.1, 0.15) is 0 Å². The molecule has 0 spiro atoms. The Morgan fingerprint density at radius 2 is 2.07 bits per heavy atom. The van der Waals surface area contributed by atoms with E-state index < -0.39 is 0 Å². The molecule has 1 unspecified atom stereocenters. The maximum Gasteiger partial charge on any atom is 0.0107 e. The molecule has 2 heteroatoms. The highest BCUT2D eigenvalue weighted by atomic mass is 15.2. The maximum absolute atomic E-state index is 3.52. The van der Waals surface area contributed by atoms with Crippen molar-refractivity contribution in [2.24, 2.45) is 11.3 Å². The van der Waals surface area contributed by atoms with Gasteiger partial charge in [-0.15, -0.1) is 0 Å². The van der Waals surface area contributed by atoms with Gasteiger partial charge in [0.05, 0.1) is 0 Å². The van der Waals surface area contributed by atoms with Gasteiger partial charge in [-0.1, -0.05) is 26.7 Å². The summed E-state index contributed by atoms with van der Waals surface area (Å²) < 4.78 is 0. The molecule has 1 N–H and O–H groups in total. The fourth-order valence-electron chi connectivity index (χ4n) is 3.25. The third-order valence-electron chi connectivity index (χ3n) is 4.08. The van der Waals surface area contributed by atoms with Crippen LogP contribution < -0.4 is 5.32 Å². The van der Waals surface area contributed by atoms with E-state index in [1.165, 1.54) is 58.4 Å². The quantitative estimate of drug-likeness (QED) is 0.751. The first-order valence-electron chi connectivity index (χ1n) is 6.61. The second-order valence-corrected chi connectivity index (χ2v) is 6.06. The summed E-state index contributed by atoms with van der Waals surface area (Å²) in [7, 11) is 0. The summed E-state index contributed by atoms with van der Waals surface area (Å²) in [5.41, 5.74) is 0.629. The van der Waals surface area contributed by atoms with Crippen LogP contribution in [0.15, 0.2) is 0 Å². The Hall–Kier alpha value is -0.0800. The lowest BCUT2D eigenvalue weighted by atomic mass is 9.88. The van der Waals surface area contributed by atoms with Gasteiger partial charge in [-0.05, 0) is 30.7 Å². The Kier molecular flexibility index (Phi) is 3.68. The van der Waals surface area contributed by atoms with Crippen LogP contribution in [0.5, 0.6) is 0 Å². The SMILES string of the molecule is CC1CNCCN(CC2(C)CCCC2)C1. The van der Waals surface area contributed by atoms with Gasteiger partial charge in [-0.3, -0.25) is 0 Å². The van der Waals surface area contributed by atoms with Crippen molar-refractivity contribution in [1.82, 2.24) is 10.2 Å². The van der Waals surface area contributed by atoms with E-state index in [-0.39, 0.29) is 0 Å². The lowest BCUT2D eigenvalue weighted by Crippen LogP contribution is -2.37. The van der Waals surface area contributed by atoms with E-state index in [0.717, 1.165) is 5.92 Å². The summed E-state index contributed by atoms with van der Waals surface area (Å²) in [6, 6.07) is 0. The van der Waals surface area contributed by atoms with Crippen LogP contribution in [0.3, 0.4) is 0 Å². The largest absolute Gasteiger partial charge is 0.315 e. The van der Waals surface area contributed by atoms with Crippen molar-refractivity contribution in [2.75, 3.05) is 32.7 Å². The smallest absolute Gasteiger partial charge is 0.0107 e. The van der Waals surface area contributed by atoms with E-state index in [1.54, 1.807) is 0 Å². The first-order chi connectivity index (χ1) is 7.18. The topological polar surface area (TPSA) is 15.3 Å². The molecule has 1 atom stereocenters. The summed E-state index contributed by atoms with van der Waals surface area (Å²) in [5.74, 6) is 0.817. The van der Waals surface area contributed by atoms with E-state index in [1.807, 2.05) is 0 Å². The zero-order chi connectivity index (χ0) is 10.7. The first kappa shape index (κ1) is 11.4. The lowest BCUT2D eigenvalue weighted by Gasteiger charge is -2.32. The molecule has 1 heterocycles. The zero-order valence-electron chi connectivity index (χ0n) is 10.4. The Bertz CT molecular complexity index is 197. The molecule has 2 rings (SSSR count). The fraction of sp³-hybridized carbons (Fsp3) is 1.00. The van der Waals surface area contributed by atoms with Gasteiger partial charge in [-0.2, -0.15) is 0 Å². The summed E-state index contributed by atoms with van der Waals surface area (Å²) in [4.78, 5) is 2.69. The highest BCUT2D eigenvalue weighted by Crippen LogP contribution is 2.38. The van der Waals surface area contributed by atoms with Gasteiger partial charge >= 0.3 is 0 Å². The third kappa shape index (κ3) is 3.18. The monoisotopic (exact) mass is 210 g/mol. The van der Waals surface area contributed by atoms with Crippen LogP contribution in [-0.2, 0) is 0 Å². The summed E-state index contributed by atoms with van der Waals surface area (Å²) in [6.07, 6.45) is 5.81. The van der Waals surface area contributed by atoms with Crippen LogP contribution in [0.1, 0.15) is 39.5 Å². The highest BCUT2D eigenvalue weighted by Gasteiger charge is 2.31. The standard InChI is InChI=1S/C13H26N2/c1-12-9-14-7-8-15(10-12)11-13(2)5-3-4-6-13/h12,14H,3-11H2,1-2H3. The zero-order valence-corrected chi connectivity index (χ0v) is 10.4. The first-order valence-corrected chi connectivity index (χ1v) is 6.61. The van der Waals surface area contributed by atoms with Gasteiger partial charge in [-0.25, -0.2) is 0 Å². The average molecular weight is 210 g/mol. The van der Waals surface area contributed by atoms with Crippen molar-refractivity contribution >= 4 is 0 Å². The molecule has 0 aromatic carbocycles. The van der Waals surface area contributed by atoms with E-state index in [2.05, 4.69) is 24.1 Å². The number of hydrogen-bond acceptors (Lipinski definition) is 2. The van der Waals surface area contributed by atoms with Crippen molar-refractivity contribution in [2.45, 2.75) is 39.5 Å². The number of hydrogen-bond donors (Lipinski definition) is 1. The molecule has 2 aliphatic rings. The lowest BCUT2D eigenvalue weighted by molar-refractivity contribution is 0.163. The van der Waals surface area contributed by atoms with Crippen molar-refractivity contribution < 1.29 is 0 Å². The van der Waals surface area contributed by atoms with Gasteiger partial charge in [0.15, 0.2) is 0 Å². The minimum absolute atomic E-state index is 0.629.